The van der Waals surface area contributed by atoms with E-state index in [2.05, 4.69) is 18.5 Å². The predicted octanol–water partition coefficient (Wildman–Crippen LogP) is 4.04. The lowest BCUT2D eigenvalue weighted by atomic mass is 10.1. The topological polar surface area (TPSA) is 12.0 Å². The monoisotopic (exact) mass is 217 g/mol. The first kappa shape index (κ1) is 14.3. The van der Waals surface area contributed by atoms with Crippen molar-refractivity contribution in [3.8, 4) is 0 Å². The van der Waals surface area contributed by atoms with Gasteiger partial charge < -0.3 is 5.32 Å². The van der Waals surface area contributed by atoms with Crippen molar-refractivity contribution in [1.29, 1.82) is 0 Å². The van der Waals surface area contributed by atoms with E-state index < -0.39 is 0 Å². The van der Waals surface area contributed by atoms with Crippen LogP contribution in [0, 0.1) is 0 Å². The highest BCUT2D eigenvalue weighted by Gasteiger charge is 1.91. The summed E-state index contributed by atoms with van der Waals surface area (Å²) in [4.78, 5) is 0. The highest BCUT2D eigenvalue weighted by Crippen LogP contribution is 2.07. The number of thioether (sulfide) groups is 1. The third-order valence-corrected chi connectivity index (χ3v) is 2.95. The van der Waals surface area contributed by atoms with E-state index in [1.54, 1.807) is 0 Å². The second-order valence-electron chi connectivity index (χ2n) is 3.91. The van der Waals surface area contributed by atoms with Crippen molar-refractivity contribution >= 4 is 11.8 Å². The Balaban J connectivity index is 2.78. The molecule has 0 aromatic carbocycles. The molecule has 0 atom stereocenters. The van der Waals surface area contributed by atoms with Crippen molar-refractivity contribution < 1.29 is 0 Å². The van der Waals surface area contributed by atoms with Crippen LogP contribution in [0.25, 0.3) is 0 Å². The van der Waals surface area contributed by atoms with Crippen molar-refractivity contribution in [2.75, 3.05) is 18.7 Å². The van der Waals surface area contributed by atoms with Gasteiger partial charge in [0, 0.05) is 5.88 Å². The van der Waals surface area contributed by atoms with E-state index in [9.17, 15) is 0 Å². The first-order valence-corrected chi connectivity index (χ1v) is 7.50. The largest absolute Gasteiger partial charge is 0.308 e. The zero-order valence-electron chi connectivity index (χ0n) is 9.98. The summed E-state index contributed by atoms with van der Waals surface area (Å²) in [5.41, 5.74) is 0. The zero-order chi connectivity index (χ0) is 10.5. The Morgan fingerprint density at radius 2 is 1.43 bits per heavy atom. The lowest BCUT2D eigenvalue weighted by Gasteiger charge is -2.02. The third-order valence-electron chi connectivity index (χ3n) is 2.45. The van der Waals surface area contributed by atoms with Crippen LogP contribution < -0.4 is 5.32 Å². The van der Waals surface area contributed by atoms with E-state index in [1.807, 2.05) is 11.8 Å². The van der Waals surface area contributed by atoms with E-state index in [0.29, 0.717) is 0 Å². The van der Waals surface area contributed by atoms with Crippen LogP contribution >= 0.6 is 11.8 Å². The summed E-state index contributed by atoms with van der Waals surface area (Å²) in [5.74, 6) is 1.11. The first-order chi connectivity index (χ1) is 6.91. The molecule has 0 amide bonds. The highest BCUT2D eigenvalue weighted by molar-refractivity contribution is 7.98. The van der Waals surface area contributed by atoms with Gasteiger partial charge in [-0.15, -0.1) is 11.8 Å². The number of hydrogen-bond donors (Lipinski definition) is 1. The molecule has 0 spiro atoms. The fourth-order valence-electron chi connectivity index (χ4n) is 1.56. The maximum Gasteiger partial charge on any atom is 0.0415 e. The molecule has 0 bridgehead atoms. The minimum absolute atomic E-state index is 1.11. The molecule has 1 N–H and O–H groups in total. The second kappa shape index (κ2) is 13.3. The Labute approximate surface area is 94.4 Å². The summed E-state index contributed by atoms with van der Waals surface area (Å²) in [5, 5.41) is 3.41. The van der Waals surface area contributed by atoms with Gasteiger partial charge in [0.2, 0.25) is 0 Å². The van der Waals surface area contributed by atoms with Gasteiger partial charge in [-0.2, -0.15) is 0 Å². The molecule has 86 valence electrons. The Morgan fingerprint density at radius 1 is 0.857 bits per heavy atom. The van der Waals surface area contributed by atoms with Crippen molar-refractivity contribution in [1.82, 2.24) is 5.32 Å². The SMILES string of the molecule is CCCCCCCCCCNCSC. The van der Waals surface area contributed by atoms with Gasteiger partial charge in [0.15, 0.2) is 0 Å². The standard InChI is InChI=1S/C12H27NS/c1-3-4-5-6-7-8-9-10-11-13-12-14-2/h13H,3-12H2,1-2H3. The van der Waals surface area contributed by atoms with E-state index in [1.165, 1.54) is 57.9 Å². The summed E-state index contributed by atoms with van der Waals surface area (Å²) in [6.45, 7) is 3.48. The summed E-state index contributed by atoms with van der Waals surface area (Å²) in [7, 11) is 0. The smallest absolute Gasteiger partial charge is 0.0415 e. The van der Waals surface area contributed by atoms with Gasteiger partial charge in [-0.05, 0) is 19.2 Å². The van der Waals surface area contributed by atoms with Gasteiger partial charge in [-0.3, -0.25) is 0 Å². The normalized spacial score (nSPS) is 10.7. The second-order valence-corrected chi connectivity index (χ2v) is 4.77. The van der Waals surface area contributed by atoms with E-state index in [-0.39, 0.29) is 0 Å². The van der Waals surface area contributed by atoms with Crippen LogP contribution in [0.2, 0.25) is 0 Å². The summed E-state index contributed by atoms with van der Waals surface area (Å²) in [6.07, 6.45) is 13.5. The van der Waals surface area contributed by atoms with Crippen molar-refractivity contribution in [2.45, 2.75) is 58.3 Å². The molecule has 0 saturated carbocycles. The average Bonchev–Trinajstić information content (AvgIpc) is 2.21. The molecule has 0 aromatic rings. The van der Waals surface area contributed by atoms with Crippen molar-refractivity contribution in [3.63, 3.8) is 0 Å². The fourth-order valence-corrected chi connectivity index (χ4v) is 1.91. The van der Waals surface area contributed by atoms with Crippen LogP contribution in [-0.2, 0) is 0 Å². The molecule has 0 heterocycles. The maximum absolute atomic E-state index is 3.41. The molecule has 1 nitrogen and oxygen atoms in total. The van der Waals surface area contributed by atoms with Crippen molar-refractivity contribution in [3.05, 3.63) is 0 Å². The Kier molecular flexibility index (Phi) is 13.6. The molecule has 0 radical (unpaired) electrons. The molecule has 0 aliphatic heterocycles. The first-order valence-electron chi connectivity index (χ1n) is 6.11. The molecule has 0 unspecified atom stereocenters. The van der Waals surface area contributed by atoms with Gasteiger partial charge in [-0.25, -0.2) is 0 Å². The fraction of sp³-hybridized carbons (Fsp3) is 1.00. The molecule has 0 aliphatic rings. The molecule has 14 heavy (non-hydrogen) atoms. The van der Waals surface area contributed by atoms with E-state index in [4.69, 9.17) is 0 Å². The van der Waals surface area contributed by atoms with E-state index in [0.717, 1.165) is 5.88 Å². The molecule has 0 fully saturated rings. The molecular formula is C12H27NS. The summed E-state index contributed by atoms with van der Waals surface area (Å²) >= 11 is 1.87. The maximum atomic E-state index is 3.41. The molecule has 2 heteroatoms. The quantitative estimate of drug-likeness (QED) is 0.414. The van der Waals surface area contributed by atoms with Crippen LogP contribution in [0.4, 0.5) is 0 Å². The minimum atomic E-state index is 1.11. The third kappa shape index (κ3) is 12.3. The molecule has 0 saturated heterocycles. The summed E-state index contributed by atoms with van der Waals surface area (Å²) < 4.78 is 0. The molecular weight excluding hydrogens is 190 g/mol. The van der Waals surface area contributed by atoms with Crippen molar-refractivity contribution in [2.24, 2.45) is 0 Å². The van der Waals surface area contributed by atoms with Gasteiger partial charge >= 0.3 is 0 Å². The number of rotatable bonds is 11. The molecule has 0 rings (SSSR count). The van der Waals surface area contributed by atoms with Gasteiger partial charge in [0.25, 0.3) is 0 Å². The average molecular weight is 217 g/mol. The summed E-state index contributed by atoms with van der Waals surface area (Å²) in [6, 6.07) is 0. The lowest BCUT2D eigenvalue weighted by molar-refractivity contribution is 0.566. The predicted molar refractivity (Wildman–Crippen MR) is 69.0 cm³/mol. The zero-order valence-corrected chi connectivity index (χ0v) is 10.8. The van der Waals surface area contributed by atoms with Crippen LogP contribution in [0.5, 0.6) is 0 Å². The number of unbranched alkanes of at least 4 members (excludes halogenated alkanes) is 7. The van der Waals surface area contributed by atoms with Gasteiger partial charge in [0.1, 0.15) is 0 Å². The number of hydrogen-bond acceptors (Lipinski definition) is 2. The molecule has 0 aliphatic carbocycles. The van der Waals surface area contributed by atoms with Crippen LogP contribution in [0.15, 0.2) is 0 Å². The van der Waals surface area contributed by atoms with Crippen LogP contribution in [-0.4, -0.2) is 18.7 Å². The number of nitrogens with one attached hydrogen (secondary N) is 1. The minimum Gasteiger partial charge on any atom is -0.308 e. The van der Waals surface area contributed by atoms with Gasteiger partial charge in [0.05, 0.1) is 0 Å². The highest BCUT2D eigenvalue weighted by atomic mass is 32.2. The molecule has 0 aromatic heterocycles. The van der Waals surface area contributed by atoms with Crippen LogP contribution in [0.3, 0.4) is 0 Å². The van der Waals surface area contributed by atoms with E-state index >= 15 is 0 Å². The Morgan fingerprint density at radius 3 is 2.00 bits per heavy atom. The Bertz CT molecular complexity index is 84.3. The lowest BCUT2D eigenvalue weighted by Crippen LogP contribution is -2.13. The Hall–Kier alpha value is 0.310. The van der Waals surface area contributed by atoms with Crippen LogP contribution in [0.1, 0.15) is 58.3 Å². The van der Waals surface area contributed by atoms with Gasteiger partial charge in [-0.1, -0.05) is 51.9 Å².